The van der Waals surface area contributed by atoms with Crippen LogP contribution in [0.15, 0.2) is 35.4 Å². The minimum absolute atomic E-state index is 0.0253. The molecule has 1 aliphatic rings. The molecule has 1 amide bonds. The second-order valence-corrected chi connectivity index (χ2v) is 7.08. The predicted octanol–water partition coefficient (Wildman–Crippen LogP) is 2.00. The van der Waals surface area contributed by atoms with Gasteiger partial charge in [0.1, 0.15) is 0 Å². The minimum atomic E-state index is -0.224. The monoisotopic (exact) mass is 398 g/mol. The summed E-state index contributed by atoms with van der Waals surface area (Å²) in [4.78, 5) is 32.9. The van der Waals surface area contributed by atoms with E-state index in [1.165, 1.54) is 11.1 Å². The molecule has 0 aliphatic carbocycles. The number of nitrogens with zero attached hydrogens (tertiary/aromatic N) is 6. The van der Waals surface area contributed by atoms with Crippen LogP contribution in [0.3, 0.4) is 0 Å². The highest BCUT2D eigenvalue weighted by atomic mass is 35.5. The molecule has 0 saturated carbocycles. The van der Waals surface area contributed by atoms with Crippen LogP contribution in [0.4, 0.5) is 0 Å². The number of aryl methyl sites for hydroxylation is 2. The summed E-state index contributed by atoms with van der Waals surface area (Å²) in [7, 11) is 0. The largest absolute Gasteiger partial charge is 0.331 e. The lowest BCUT2D eigenvalue weighted by Gasteiger charge is -2.27. The molecule has 0 spiro atoms. The molecule has 3 aromatic rings. The van der Waals surface area contributed by atoms with Gasteiger partial charge in [0, 0.05) is 23.7 Å². The highest BCUT2D eigenvalue weighted by Crippen LogP contribution is 2.18. The maximum absolute atomic E-state index is 13.0. The van der Waals surface area contributed by atoms with Gasteiger partial charge in [0.15, 0.2) is 5.69 Å². The second kappa shape index (κ2) is 7.20. The van der Waals surface area contributed by atoms with Crippen molar-refractivity contribution in [2.75, 3.05) is 6.54 Å². The third-order valence-corrected chi connectivity index (χ3v) is 5.08. The fraction of sp³-hybridized carbons (Fsp3) is 0.316. The van der Waals surface area contributed by atoms with E-state index in [2.05, 4.69) is 15.2 Å². The van der Waals surface area contributed by atoms with Crippen molar-refractivity contribution >= 4 is 17.5 Å². The maximum Gasteiger partial charge on any atom is 0.276 e. The Bertz CT molecular complexity index is 1120. The van der Waals surface area contributed by atoms with Crippen molar-refractivity contribution < 1.29 is 4.79 Å². The highest BCUT2D eigenvalue weighted by molar-refractivity contribution is 6.30. The van der Waals surface area contributed by atoms with Crippen LogP contribution in [0.25, 0.3) is 5.69 Å². The average molecular weight is 399 g/mol. The number of rotatable bonds is 3. The van der Waals surface area contributed by atoms with Crippen molar-refractivity contribution in [3.05, 3.63) is 68.6 Å². The van der Waals surface area contributed by atoms with Gasteiger partial charge in [0.2, 0.25) is 0 Å². The molecule has 2 aromatic heterocycles. The van der Waals surface area contributed by atoms with Crippen LogP contribution in [0.1, 0.15) is 34.4 Å². The van der Waals surface area contributed by atoms with Gasteiger partial charge in [-0.15, -0.1) is 5.10 Å². The summed E-state index contributed by atoms with van der Waals surface area (Å²) >= 11 is 6.03. The second-order valence-electron chi connectivity index (χ2n) is 6.64. The first kappa shape index (κ1) is 18.4. The average Bonchev–Trinajstić information content (AvgIpc) is 3.09. The first-order chi connectivity index (χ1) is 13.5. The first-order valence-corrected chi connectivity index (χ1v) is 9.42. The zero-order valence-electron chi connectivity index (χ0n) is 15.6. The van der Waals surface area contributed by atoms with Gasteiger partial charge in [0.05, 0.1) is 29.9 Å². The number of carbonyl (C=O) groups excluding carboxylic acids is 1. The first-order valence-electron chi connectivity index (χ1n) is 9.04. The summed E-state index contributed by atoms with van der Waals surface area (Å²) in [6.07, 6.45) is 2.02. The zero-order chi connectivity index (χ0) is 19.8. The van der Waals surface area contributed by atoms with E-state index < -0.39 is 0 Å². The Morgan fingerprint density at radius 3 is 2.86 bits per heavy atom. The predicted molar refractivity (Wildman–Crippen MR) is 104 cm³/mol. The van der Waals surface area contributed by atoms with Gasteiger partial charge >= 0.3 is 0 Å². The van der Waals surface area contributed by atoms with Crippen molar-refractivity contribution in [1.82, 2.24) is 29.4 Å². The molecular weight excluding hydrogens is 380 g/mol. The quantitative estimate of drug-likeness (QED) is 0.673. The molecule has 0 radical (unpaired) electrons. The van der Waals surface area contributed by atoms with Gasteiger partial charge in [0.25, 0.3) is 11.5 Å². The lowest BCUT2D eigenvalue weighted by Crippen LogP contribution is -2.40. The molecule has 0 N–H and O–H groups in total. The Morgan fingerprint density at radius 2 is 2.11 bits per heavy atom. The summed E-state index contributed by atoms with van der Waals surface area (Å²) in [6, 6.07) is 7.11. The van der Waals surface area contributed by atoms with E-state index >= 15 is 0 Å². The molecular formula is C19H19ClN6O2. The molecule has 0 atom stereocenters. The van der Waals surface area contributed by atoms with Gasteiger partial charge in [-0.05, 0) is 38.5 Å². The third-order valence-electron chi connectivity index (χ3n) is 4.84. The van der Waals surface area contributed by atoms with Crippen molar-refractivity contribution in [3.8, 4) is 5.69 Å². The van der Waals surface area contributed by atoms with E-state index in [0.29, 0.717) is 47.2 Å². The third kappa shape index (κ3) is 3.20. The highest BCUT2D eigenvalue weighted by Gasteiger charge is 2.28. The number of benzene rings is 1. The van der Waals surface area contributed by atoms with Crippen molar-refractivity contribution in [2.24, 2.45) is 0 Å². The molecule has 1 aliphatic heterocycles. The van der Waals surface area contributed by atoms with E-state index in [1.54, 1.807) is 34.6 Å². The van der Waals surface area contributed by atoms with Crippen molar-refractivity contribution in [1.29, 1.82) is 0 Å². The Labute approximate surface area is 166 Å². The molecule has 1 aromatic carbocycles. The molecule has 0 unspecified atom stereocenters. The molecule has 4 rings (SSSR count). The standard InChI is InChI=1S/C19H19ClN6O2/c1-3-24-11-21-16-10-25(8-7-15(16)18(24)27)19(28)17-12(2)22-26(23-17)14-6-4-5-13(20)9-14/h4-6,9,11H,3,7-8,10H2,1-2H3. The molecule has 0 saturated heterocycles. The number of amides is 1. The van der Waals surface area contributed by atoms with Crippen LogP contribution in [0.2, 0.25) is 5.02 Å². The fourth-order valence-electron chi connectivity index (χ4n) is 3.30. The number of hydrogen-bond acceptors (Lipinski definition) is 5. The Hall–Kier alpha value is -3.00. The van der Waals surface area contributed by atoms with E-state index in [-0.39, 0.29) is 23.7 Å². The molecule has 3 heterocycles. The van der Waals surface area contributed by atoms with Crippen LogP contribution in [-0.4, -0.2) is 41.9 Å². The lowest BCUT2D eigenvalue weighted by molar-refractivity contribution is 0.0723. The SMILES string of the molecule is CCn1cnc2c(c1=O)CCN(C(=O)c1nn(-c3cccc(Cl)c3)nc1C)C2. The summed E-state index contributed by atoms with van der Waals surface area (Å²) in [5.41, 5.74) is 2.81. The van der Waals surface area contributed by atoms with Gasteiger partial charge in [-0.1, -0.05) is 17.7 Å². The number of hydrogen-bond donors (Lipinski definition) is 0. The van der Waals surface area contributed by atoms with Gasteiger partial charge in [-0.25, -0.2) is 4.98 Å². The molecule has 0 bridgehead atoms. The number of fused-ring (bicyclic) bond motifs is 1. The summed E-state index contributed by atoms with van der Waals surface area (Å²) < 4.78 is 1.58. The lowest BCUT2D eigenvalue weighted by atomic mass is 10.1. The van der Waals surface area contributed by atoms with Crippen LogP contribution in [0.5, 0.6) is 0 Å². The Kier molecular flexibility index (Phi) is 4.72. The fourth-order valence-corrected chi connectivity index (χ4v) is 3.49. The normalized spacial score (nSPS) is 13.5. The maximum atomic E-state index is 13.0. The summed E-state index contributed by atoms with van der Waals surface area (Å²) in [5, 5.41) is 9.28. The Morgan fingerprint density at radius 1 is 1.29 bits per heavy atom. The van der Waals surface area contributed by atoms with E-state index in [1.807, 2.05) is 13.0 Å². The minimum Gasteiger partial charge on any atom is -0.331 e. The van der Waals surface area contributed by atoms with Crippen molar-refractivity contribution in [2.45, 2.75) is 33.4 Å². The summed E-state index contributed by atoms with van der Waals surface area (Å²) in [6.45, 7) is 4.96. The van der Waals surface area contributed by atoms with Crippen LogP contribution >= 0.6 is 11.6 Å². The van der Waals surface area contributed by atoms with Gasteiger partial charge in [-0.3, -0.25) is 14.2 Å². The topological polar surface area (TPSA) is 85.9 Å². The van der Waals surface area contributed by atoms with E-state index in [4.69, 9.17) is 11.6 Å². The number of aromatic nitrogens is 5. The molecule has 28 heavy (non-hydrogen) atoms. The van der Waals surface area contributed by atoms with Crippen LogP contribution < -0.4 is 5.56 Å². The van der Waals surface area contributed by atoms with Crippen LogP contribution in [0, 0.1) is 6.92 Å². The zero-order valence-corrected chi connectivity index (χ0v) is 16.3. The van der Waals surface area contributed by atoms with Crippen LogP contribution in [-0.2, 0) is 19.5 Å². The number of halogens is 1. The summed E-state index contributed by atoms with van der Waals surface area (Å²) in [5.74, 6) is -0.224. The molecule has 9 heteroatoms. The van der Waals surface area contributed by atoms with E-state index in [9.17, 15) is 9.59 Å². The number of carbonyl (C=O) groups is 1. The van der Waals surface area contributed by atoms with E-state index in [0.717, 1.165) is 0 Å². The van der Waals surface area contributed by atoms with Gasteiger partial charge in [-0.2, -0.15) is 9.90 Å². The molecule has 8 nitrogen and oxygen atoms in total. The van der Waals surface area contributed by atoms with Gasteiger partial charge < -0.3 is 4.90 Å². The molecule has 0 fully saturated rings. The molecule has 144 valence electrons. The smallest absolute Gasteiger partial charge is 0.276 e. The Balaban J connectivity index is 1.61. The van der Waals surface area contributed by atoms with Crippen molar-refractivity contribution in [3.63, 3.8) is 0 Å².